The lowest BCUT2D eigenvalue weighted by atomic mass is 9.92. The molecular weight excluding hydrogens is 410 g/mol. The molecule has 0 saturated carbocycles. The maximum Gasteiger partial charge on any atom is 0.417 e. The smallest absolute Gasteiger partial charge is 0.417 e. The Morgan fingerprint density at radius 3 is 2.28 bits per heavy atom. The lowest BCUT2D eigenvalue weighted by molar-refractivity contribution is -0.133. The summed E-state index contributed by atoms with van der Waals surface area (Å²) in [6.07, 6.45) is -1.00. The summed E-state index contributed by atoms with van der Waals surface area (Å²) in [6, 6.07) is 17.3. The summed E-state index contributed by atoms with van der Waals surface area (Å²) in [5, 5.41) is 5.67. The largest absolute Gasteiger partial charge is 0.447 e. The first kappa shape index (κ1) is 23.3. The van der Waals surface area contributed by atoms with Gasteiger partial charge in [0.2, 0.25) is 0 Å². The van der Waals surface area contributed by atoms with Crippen LogP contribution in [0.4, 0.5) is 9.59 Å². The SMILES string of the molecule is CNC(C)(C)[C@@H](NC(=O)OCc1ccccc1)C(=O)N1C(=O)OC[C@H]1Cc1ccccc1. The first-order valence-corrected chi connectivity index (χ1v) is 10.5. The zero-order chi connectivity index (χ0) is 23.1. The number of rotatable bonds is 8. The molecule has 0 aliphatic carbocycles. The number of likely N-dealkylation sites (N-methyl/N-ethyl adjacent to an activating group) is 1. The Morgan fingerprint density at radius 2 is 1.69 bits per heavy atom. The van der Waals surface area contributed by atoms with Gasteiger partial charge in [-0.05, 0) is 38.4 Å². The predicted octanol–water partition coefficient (Wildman–Crippen LogP) is 2.87. The topological polar surface area (TPSA) is 97.0 Å². The molecule has 0 radical (unpaired) electrons. The number of ether oxygens (including phenoxy) is 2. The summed E-state index contributed by atoms with van der Waals surface area (Å²) in [4.78, 5) is 39.6. The minimum Gasteiger partial charge on any atom is -0.447 e. The summed E-state index contributed by atoms with van der Waals surface area (Å²) in [6.45, 7) is 3.70. The van der Waals surface area contributed by atoms with E-state index in [4.69, 9.17) is 9.47 Å². The van der Waals surface area contributed by atoms with Crippen molar-refractivity contribution in [2.75, 3.05) is 13.7 Å². The Kier molecular flexibility index (Phi) is 7.48. The van der Waals surface area contributed by atoms with Crippen LogP contribution in [-0.2, 0) is 27.3 Å². The first-order chi connectivity index (χ1) is 15.3. The van der Waals surface area contributed by atoms with E-state index in [-0.39, 0.29) is 13.2 Å². The number of cyclic esters (lactones) is 1. The zero-order valence-electron chi connectivity index (χ0n) is 18.5. The average Bonchev–Trinajstić information content (AvgIpc) is 3.16. The van der Waals surface area contributed by atoms with E-state index in [0.29, 0.717) is 6.42 Å². The van der Waals surface area contributed by atoms with Crippen LogP contribution in [0.25, 0.3) is 0 Å². The second kappa shape index (κ2) is 10.3. The highest BCUT2D eigenvalue weighted by atomic mass is 16.6. The molecule has 1 saturated heterocycles. The van der Waals surface area contributed by atoms with Crippen molar-refractivity contribution >= 4 is 18.1 Å². The maximum absolute atomic E-state index is 13.5. The van der Waals surface area contributed by atoms with Gasteiger partial charge in [-0.1, -0.05) is 60.7 Å². The van der Waals surface area contributed by atoms with Crippen LogP contribution in [0.5, 0.6) is 0 Å². The second-order valence-corrected chi connectivity index (χ2v) is 8.24. The normalized spacial score (nSPS) is 16.9. The molecule has 1 fully saturated rings. The van der Waals surface area contributed by atoms with Crippen LogP contribution in [0.15, 0.2) is 60.7 Å². The van der Waals surface area contributed by atoms with Crippen LogP contribution < -0.4 is 10.6 Å². The highest BCUT2D eigenvalue weighted by Gasteiger charge is 2.46. The van der Waals surface area contributed by atoms with Crippen molar-refractivity contribution < 1.29 is 23.9 Å². The van der Waals surface area contributed by atoms with Gasteiger partial charge in [-0.25, -0.2) is 14.5 Å². The fourth-order valence-corrected chi connectivity index (χ4v) is 3.48. The van der Waals surface area contributed by atoms with Gasteiger partial charge in [0.05, 0.1) is 6.04 Å². The third kappa shape index (κ3) is 5.64. The van der Waals surface area contributed by atoms with Crippen molar-refractivity contribution in [3.8, 4) is 0 Å². The molecule has 2 aromatic carbocycles. The average molecular weight is 440 g/mol. The molecule has 0 spiro atoms. The Labute approximate surface area is 187 Å². The van der Waals surface area contributed by atoms with Crippen LogP contribution in [0, 0.1) is 0 Å². The van der Waals surface area contributed by atoms with E-state index in [2.05, 4.69) is 10.6 Å². The van der Waals surface area contributed by atoms with Crippen LogP contribution in [0.3, 0.4) is 0 Å². The van der Waals surface area contributed by atoms with E-state index < -0.39 is 35.7 Å². The summed E-state index contributed by atoms with van der Waals surface area (Å²) < 4.78 is 10.5. The van der Waals surface area contributed by atoms with Gasteiger partial charge in [-0.3, -0.25) is 4.79 Å². The number of alkyl carbamates (subject to hydrolysis) is 1. The number of hydrogen-bond donors (Lipinski definition) is 2. The molecule has 170 valence electrons. The minimum atomic E-state index is -1.06. The number of nitrogens with one attached hydrogen (secondary N) is 2. The van der Waals surface area contributed by atoms with E-state index >= 15 is 0 Å². The van der Waals surface area contributed by atoms with E-state index in [1.807, 2.05) is 60.7 Å². The molecule has 0 unspecified atom stereocenters. The molecule has 8 nitrogen and oxygen atoms in total. The van der Waals surface area contributed by atoms with Crippen molar-refractivity contribution in [2.45, 2.75) is 44.5 Å². The molecule has 1 aliphatic rings. The molecule has 2 atom stereocenters. The lowest BCUT2D eigenvalue weighted by Gasteiger charge is -2.35. The molecule has 2 aromatic rings. The monoisotopic (exact) mass is 439 g/mol. The standard InChI is InChI=1S/C24H29N3O5/c1-24(2,25-3)20(26-22(29)31-15-18-12-8-5-9-13-18)21(28)27-19(16-32-23(27)30)14-17-10-6-4-7-11-17/h4-13,19-20,25H,14-16H2,1-3H3,(H,26,29)/t19-,20+/m1/s1. The quantitative estimate of drug-likeness (QED) is 0.657. The molecular formula is C24H29N3O5. The van der Waals surface area contributed by atoms with Crippen LogP contribution in [-0.4, -0.2) is 54.3 Å². The Morgan fingerprint density at radius 1 is 1.09 bits per heavy atom. The van der Waals surface area contributed by atoms with Crippen LogP contribution in [0.2, 0.25) is 0 Å². The van der Waals surface area contributed by atoms with Crippen molar-refractivity contribution in [3.05, 3.63) is 71.8 Å². The number of benzene rings is 2. The minimum absolute atomic E-state index is 0.0654. The third-order valence-corrected chi connectivity index (χ3v) is 5.60. The van der Waals surface area contributed by atoms with Crippen LogP contribution in [0.1, 0.15) is 25.0 Å². The first-order valence-electron chi connectivity index (χ1n) is 10.5. The number of carbonyl (C=O) groups excluding carboxylic acids is 3. The predicted molar refractivity (Wildman–Crippen MR) is 119 cm³/mol. The van der Waals surface area contributed by atoms with Gasteiger partial charge < -0.3 is 20.1 Å². The van der Waals surface area contributed by atoms with Gasteiger partial charge in [-0.15, -0.1) is 0 Å². The molecule has 32 heavy (non-hydrogen) atoms. The number of nitrogens with zero attached hydrogens (tertiary/aromatic N) is 1. The van der Waals surface area contributed by atoms with E-state index in [0.717, 1.165) is 16.0 Å². The summed E-state index contributed by atoms with van der Waals surface area (Å²) in [5.41, 5.74) is 0.945. The fourth-order valence-electron chi connectivity index (χ4n) is 3.48. The third-order valence-electron chi connectivity index (χ3n) is 5.60. The number of hydrogen-bond acceptors (Lipinski definition) is 6. The molecule has 3 amide bonds. The Bertz CT molecular complexity index is 933. The van der Waals surface area contributed by atoms with E-state index in [1.54, 1.807) is 20.9 Å². The van der Waals surface area contributed by atoms with E-state index in [9.17, 15) is 14.4 Å². The summed E-state index contributed by atoms with van der Waals surface area (Å²) in [5.74, 6) is -0.551. The number of carbonyl (C=O) groups is 3. The van der Waals surface area contributed by atoms with Gasteiger partial charge >= 0.3 is 12.2 Å². The summed E-state index contributed by atoms with van der Waals surface area (Å²) >= 11 is 0. The molecule has 1 aliphatic heterocycles. The lowest BCUT2D eigenvalue weighted by Crippen LogP contribution is -2.64. The van der Waals surface area contributed by atoms with Gasteiger partial charge in [0.15, 0.2) is 0 Å². The molecule has 8 heteroatoms. The molecule has 0 bridgehead atoms. The molecule has 3 rings (SSSR count). The Hall–Kier alpha value is -3.39. The van der Waals surface area contributed by atoms with Crippen molar-refractivity contribution in [2.24, 2.45) is 0 Å². The fraction of sp³-hybridized carbons (Fsp3) is 0.375. The number of amides is 3. The van der Waals surface area contributed by atoms with Gasteiger partial charge in [0.25, 0.3) is 5.91 Å². The van der Waals surface area contributed by atoms with Crippen LogP contribution >= 0.6 is 0 Å². The molecule has 0 aromatic heterocycles. The highest BCUT2D eigenvalue weighted by molar-refractivity contribution is 5.98. The van der Waals surface area contributed by atoms with Gasteiger partial charge in [0.1, 0.15) is 19.3 Å². The Balaban J connectivity index is 1.74. The van der Waals surface area contributed by atoms with Crippen molar-refractivity contribution in [1.29, 1.82) is 0 Å². The van der Waals surface area contributed by atoms with Crippen molar-refractivity contribution in [1.82, 2.24) is 15.5 Å². The zero-order valence-corrected chi connectivity index (χ0v) is 18.5. The van der Waals surface area contributed by atoms with Gasteiger partial charge in [0, 0.05) is 5.54 Å². The van der Waals surface area contributed by atoms with Crippen molar-refractivity contribution in [3.63, 3.8) is 0 Å². The number of imide groups is 1. The summed E-state index contributed by atoms with van der Waals surface area (Å²) in [7, 11) is 1.68. The second-order valence-electron chi connectivity index (χ2n) is 8.24. The molecule has 1 heterocycles. The highest BCUT2D eigenvalue weighted by Crippen LogP contribution is 2.22. The van der Waals surface area contributed by atoms with Gasteiger partial charge in [-0.2, -0.15) is 0 Å². The maximum atomic E-state index is 13.5. The molecule has 2 N–H and O–H groups in total. The van der Waals surface area contributed by atoms with E-state index in [1.165, 1.54) is 0 Å².